The maximum Gasteiger partial charge on any atom is 0.225 e. The number of hydrogen-bond acceptors (Lipinski definition) is 2. The predicted molar refractivity (Wildman–Crippen MR) is 60.2 cm³/mol. The van der Waals surface area contributed by atoms with Crippen LogP contribution in [0.5, 0.6) is 0 Å². The number of thiophene rings is 1. The fourth-order valence-electron chi connectivity index (χ4n) is 2.27. The Morgan fingerprint density at radius 2 is 2.15 bits per heavy atom. The summed E-state index contributed by atoms with van der Waals surface area (Å²) < 4.78 is 6.21. The van der Waals surface area contributed by atoms with Crippen LogP contribution >= 0.6 is 11.3 Å². The average molecular weight is 212 g/mol. The molecule has 0 fully saturated rings. The Balaban J connectivity index is 2.47. The van der Waals surface area contributed by atoms with Crippen LogP contribution in [0.25, 0.3) is 0 Å². The Morgan fingerprint density at radius 1 is 1.46 bits per heavy atom. The Morgan fingerprint density at radius 3 is 2.77 bits per heavy atom. The van der Waals surface area contributed by atoms with E-state index in [9.17, 15) is 0 Å². The average Bonchev–Trinajstić information content (AvgIpc) is 2.69. The molecule has 0 amide bonds. The van der Waals surface area contributed by atoms with Crippen molar-refractivity contribution >= 4 is 24.8 Å². The molecule has 0 spiro atoms. The first-order chi connectivity index (χ1) is 6.23. The molecule has 0 aliphatic carbocycles. The smallest absolute Gasteiger partial charge is 0.225 e. The van der Waals surface area contributed by atoms with E-state index in [1.165, 1.54) is 17.0 Å². The third-order valence-electron chi connectivity index (χ3n) is 3.10. The van der Waals surface area contributed by atoms with Gasteiger partial charge in [-0.1, -0.05) is 13.8 Å². The lowest BCUT2D eigenvalue weighted by Gasteiger charge is -2.23. The van der Waals surface area contributed by atoms with Crippen molar-refractivity contribution in [3.05, 3.63) is 16.3 Å². The van der Waals surface area contributed by atoms with Gasteiger partial charge in [0.15, 0.2) is 0 Å². The summed E-state index contributed by atoms with van der Waals surface area (Å²) in [7, 11) is -1.50. The van der Waals surface area contributed by atoms with Crippen molar-refractivity contribution in [1.29, 1.82) is 0 Å². The van der Waals surface area contributed by atoms with Crippen molar-refractivity contribution in [1.82, 2.24) is 0 Å². The lowest BCUT2D eigenvalue weighted by Crippen LogP contribution is -2.44. The van der Waals surface area contributed by atoms with Crippen molar-refractivity contribution in [3.8, 4) is 0 Å². The van der Waals surface area contributed by atoms with Crippen molar-refractivity contribution in [2.24, 2.45) is 0 Å². The molecular formula is C10H16OSSi. The standard InChI is InChI=1S/C10H16OSSi/c1-4-13(5-2)9-6-7-12-10(9)8(3)11-13/h6-8H,4-5H2,1-3H3. The second kappa shape index (κ2) is 3.22. The van der Waals surface area contributed by atoms with Crippen LogP contribution in [0, 0.1) is 0 Å². The summed E-state index contributed by atoms with van der Waals surface area (Å²) in [5.74, 6) is 0. The first-order valence-electron chi connectivity index (χ1n) is 4.99. The van der Waals surface area contributed by atoms with Gasteiger partial charge in [-0.25, -0.2) is 0 Å². The van der Waals surface area contributed by atoms with E-state index in [0.717, 1.165) is 0 Å². The molecular weight excluding hydrogens is 196 g/mol. The first-order valence-corrected chi connectivity index (χ1v) is 8.19. The molecule has 0 aromatic carbocycles. The normalized spacial score (nSPS) is 24.7. The summed E-state index contributed by atoms with van der Waals surface area (Å²) >= 11 is 1.86. The van der Waals surface area contributed by atoms with Crippen molar-refractivity contribution in [2.45, 2.75) is 39.0 Å². The summed E-state index contributed by atoms with van der Waals surface area (Å²) in [5.41, 5.74) is 0. The van der Waals surface area contributed by atoms with Crippen molar-refractivity contribution in [2.75, 3.05) is 0 Å². The van der Waals surface area contributed by atoms with E-state index >= 15 is 0 Å². The minimum absolute atomic E-state index is 0.363. The van der Waals surface area contributed by atoms with Gasteiger partial charge in [0.05, 0.1) is 6.10 Å². The molecule has 1 unspecified atom stereocenters. The fourth-order valence-corrected chi connectivity index (χ4v) is 7.55. The molecule has 2 heterocycles. The minimum atomic E-state index is -1.50. The second-order valence-electron chi connectivity index (χ2n) is 3.66. The van der Waals surface area contributed by atoms with Crippen LogP contribution in [-0.2, 0) is 4.43 Å². The highest BCUT2D eigenvalue weighted by Gasteiger charge is 2.44. The van der Waals surface area contributed by atoms with Crippen molar-refractivity contribution < 1.29 is 4.43 Å². The molecule has 3 heteroatoms. The number of rotatable bonds is 2. The van der Waals surface area contributed by atoms with E-state index in [1.807, 2.05) is 11.3 Å². The zero-order valence-corrected chi connectivity index (χ0v) is 10.3. The third-order valence-corrected chi connectivity index (χ3v) is 8.87. The van der Waals surface area contributed by atoms with Crippen molar-refractivity contribution in [3.63, 3.8) is 0 Å². The van der Waals surface area contributed by atoms with Crippen LogP contribution in [0.4, 0.5) is 0 Å². The van der Waals surface area contributed by atoms with Gasteiger partial charge in [0.25, 0.3) is 0 Å². The van der Waals surface area contributed by atoms with E-state index < -0.39 is 8.32 Å². The molecule has 1 atom stereocenters. The molecule has 0 saturated carbocycles. The van der Waals surface area contributed by atoms with Crippen LogP contribution in [-0.4, -0.2) is 8.32 Å². The summed E-state index contributed by atoms with van der Waals surface area (Å²) in [6.45, 7) is 6.74. The van der Waals surface area contributed by atoms with Gasteiger partial charge >= 0.3 is 0 Å². The zero-order valence-electron chi connectivity index (χ0n) is 8.46. The molecule has 1 aromatic rings. The van der Waals surface area contributed by atoms with Gasteiger partial charge in [-0.15, -0.1) is 11.3 Å². The predicted octanol–water partition coefficient (Wildman–Crippen LogP) is 3.03. The lowest BCUT2D eigenvalue weighted by molar-refractivity contribution is 0.235. The van der Waals surface area contributed by atoms with E-state index in [2.05, 4.69) is 32.2 Å². The number of fused-ring (bicyclic) bond motifs is 1. The molecule has 0 bridgehead atoms. The van der Waals surface area contributed by atoms with E-state index in [0.29, 0.717) is 6.10 Å². The van der Waals surface area contributed by atoms with Gasteiger partial charge in [0, 0.05) is 4.88 Å². The molecule has 0 radical (unpaired) electrons. The SMILES string of the molecule is CC[Si]1(CC)OC(C)c2sccc21. The molecule has 0 saturated heterocycles. The molecule has 72 valence electrons. The van der Waals surface area contributed by atoms with Crippen LogP contribution in [0.15, 0.2) is 11.4 Å². The summed E-state index contributed by atoms with van der Waals surface area (Å²) in [5, 5.41) is 3.80. The van der Waals surface area contributed by atoms with Gasteiger partial charge < -0.3 is 4.43 Å². The fraction of sp³-hybridized carbons (Fsp3) is 0.600. The van der Waals surface area contributed by atoms with E-state index in [4.69, 9.17) is 4.43 Å². The van der Waals surface area contributed by atoms with Crippen LogP contribution in [0.2, 0.25) is 12.1 Å². The molecule has 1 nitrogen and oxygen atoms in total. The summed E-state index contributed by atoms with van der Waals surface area (Å²) in [6, 6.07) is 4.73. The van der Waals surface area contributed by atoms with E-state index in [1.54, 1.807) is 5.19 Å². The minimum Gasteiger partial charge on any atom is -0.405 e. The van der Waals surface area contributed by atoms with Gasteiger partial charge in [0.1, 0.15) is 0 Å². The molecule has 2 rings (SSSR count). The summed E-state index contributed by atoms with van der Waals surface area (Å²) in [4.78, 5) is 1.50. The maximum absolute atomic E-state index is 6.21. The monoisotopic (exact) mass is 212 g/mol. The highest BCUT2D eigenvalue weighted by molar-refractivity contribution is 7.13. The molecule has 13 heavy (non-hydrogen) atoms. The number of hydrogen-bond donors (Lipinski definition) is 0. The first kappa shape index (κ1) is 9.43. The topological polar surface area (TPSA) is 9.23 Å². The van der Waals surface area contributed by atoms with Crippen LogP contribution < -0.4 is 5.19 Å². The Kier molecular flexibility index (Phi) is 2.34. The Labute approximate surface area is 84.9 Å². The highest BCUT2D eigenvalue weighted by Crippen LogP contribution is 2.36. The van der Waals surface area contributed by atoms with E-state index in [-0.39, 0.29) is 0 Å². The Hall–Kier alpha value is -0.123. The maximum atomic E-state index is 6.21. The molecule has 1 aliphatic heterocycles. The quantitative estimate of drug-likeness (QED) is 0.685. The Bertz CT molecular complexity index is 304. The second-order valence-corrected chi connectivity index (χ2v) is 8.78. The molecule has 0 N–H and O–H groups in total. The van der Waals surface area contributed by atoms with Gasteiger partial charge in [-0.05, 0) is 35.6 Å². The zero-order chi connectivity index (χ0) is 9.47. The van der Waals surface area contributed by atoms with Gasteiger partial charge in [-0.3, -0.25) is 0 Å². The lowest BCUT2D eigenvalue weighted by atomic mass is 10.3. The molecule has 1 aromatic heterocycles. The highest BCUT2D eigenvalue weighted by atomic mass is 32.1. The van der Waals surface area contributed by atoms with Gasteiger partial charge in [-0.2, -0.15) is 0 Å². The van der Waals surface area contributed by atoms with Crippen LogP contribution in [0.3, 0.4) is 0 Å². The third kappa shape index (κ3) is 1.22. The van der Waals surface area contributed by atoms with Gasteiger partial charge in [0.2, 0.25) is 8.32 Å². The molecule has 1 aliphatic rings. The summed E-state index contributed by atoms with van der Waals surface area (Å²) in [6.07, 6.45) is 0.363. The van der Waals surface area contributed by atoms with Crippen LogP contribution in [0.1, 0.15) is 31.8 Å². The largest absolute Gasteiger partial charge is 0.405 e.